The maximum atomic E-state index is 13.5. The van der Waals surface area contributed by atoms with E-state index in [0.29, 0.717) is 17.5 Å². The number of rotatable bonds is 3. The number of pyridine rings is 1. The van der Waals surface area contributed by atoms with Crippen LogP contribution in [-0.4, -0.2) is 19.7 Å². The SMILES string of the molecule is CS(=O)(=O)Oc1ccc2c[nH]c(=O)c(-c3cc(F)c(F)c(F)c3)c2c1. The highest BCUT2D eigenvalue weighted by Crippen LogP contribution is 2.30. The fraction of sp³-hybridized carbons (Fsp3) is 0.0625. The van der Waals surface area contributed by atoms with Gasteiger partial charge in [-0.2, -0.15) is 8.42 Å². The molecule has 0 amide bonds. The predicted octanol–water partition coefficient (Wildman–Crippen LogP) is 2.95. The number of fused-ring (bicyclic) bond motifs is 1. The van der Waals surface area contributed by atoms with Crippen molar-refractivity contribution in [2.75, 3.05) is 6.26 Å². The zero-order chi connectivity index (χ0) is 18.4. The Balaban J connectivity index is 2.32. The zero-order valence-corrected chi connectivity index (χ0v) is 13.5. The van der Waals surface area contributed by atoms with Crippen LogP contribution in [0.25, 0.3) is 21.9 Å². The van der Waals surface area contributed by atoms with Crippen molar-refractivity contribution < 1.29 is 25.8 Å². The van der Waals surface area contributed by atoms with Gasteiger partial charge in [-0.25, -0.2) is 13.2 Å². The first-order valence-electron chi connectivity index (χ1n) is 6.85. The molecule has 0 aliphatic heterocycles. The van der Waals surface area contributed by atoms with Crippen LogP contribution in [0.2, 0.25) is 0 Å². The van der Waals surface area contributed by atoms with Gasteiger partial charge < -0.3 is 9.17 Å². The average molecular weight is 369 g/mol. The molecule has 0 bridgehead atoms. The number of aromatic amines is 1. The first-order chi connectivity index (χ1) is 11.7. The zero-order valence-electron chi connectivity index (χ0n) is 12.6. The van der Waals surface area contributed by atoms with E-state index in [-0.39, 0.29) is 22.3 Å². The Morgan fingerprint density at radius 2 is 1.68 bits per heavy atom. The Hall–Kier alpha value is -2.81. The molecule has 1 aromatic heterocycles. The number of hydrogen-bond donors (Lipinski definition) is 1. The fourth-order valence-corrected chi connectivity index (χ4v) is 2.88. The molecule has 3 rings (SSSR count). The van der Waals surface area contributed by atoms with E-state index in [1.54, 1.807) is 0 Å². The molecule has 0 atom stereocenters. The van der Waals surface area contributed by atoms with Crippen molar-refractivity contribution in [3.05, 3.63) is 64.3 Å². The lowest BCUT2D eigenvalue weighted by atomic mass is 10.00. The summed E-state index contributed by atoms with van der Waals surface area (Å²) in [4.78, 5) is 14.6. The van der Waals surface area contributed by atoms with Gasteiger partial charge in [-0.15, -0.1) is 0 Å². The summed E-state index contributed by atoms with van der Waals surface area (Å²) in [6, 6.07) is 5.45. The van der Waals surface area contributed by atoms with Gasteiger partial charge in [0.2, 0.25) is 0 Å². The van der Waals surface area contributed by atoms with Gasteiger partial charge in [0, 0.05) is 11.6 Å². The second kappa shape index (κ2) is 5.92. The van der Waals surface area contributed by atoms with E-state index >= 15 is 0 Å². The Morgan fingerprint density at radius 1 is 1.04 bits per heavy atom. The molecule has 9 heteroatoms. The van der Waals surface area contributed by atoms with Crippen molar-refractivity contribution in [2.24, 2.45) is 0 Å². The van der Waals surface area contributed by atoms with Crippen LogP contribution in [-0.2, 0) is 10.1 Å². The van der Waals surface area contributed by atoms with E-state index in [2.05, 4.69) is 4.98 Å². The van der Waals surface area contributed by atoms with Crippen LogP contribution in [0.15, 0.2) is 41.3 Å². The summed E-state index contributed by atoms with van der Waals surface area (Å²) in [6.45, 7) is 0. The van der Waals surface area contributed by atoms with E-state index in [0.717, 1.165) is 6.26 Å². The maximum Gasteiger partial charge on any atom is 0.306 e. The molecule has 2 aromatic carbocycles. The summed E-state index contributed by atoms with van der Waals surface area (Å²) in [5.74, 6) is -4.63. The summed E-state index contributed by atoms with van der Waals surface area (Å²) in [5, 5.41) is 0.649. The third kappa shape index (κ3) is 3.36. The highest BCUT2D eigenvalue weighted by atomic mass is 32.2. The van der Waals surface area contributed by atoms with Crippen LogP contribution >= 0.6 is 0 Å². The fourth-order valence-electron chi connectivity index (χ4n) is 2.43. The number of benzene rings is 2. The molecule has 0 aliphatic rings. The van der Waals surface area contributed by atoms with Gasteiger partial charge in [-0.3, -0.25) is 4.79 Å². The van der Waals surface area contributed by atoms with Gasteiger partial charge in [0.05, 0.1) is 11.8 Å². The highest BCUT2D eigenvalue weighted by Gasteiger charge is 2.17. The molecule has 25 heavy (non-hydrogen) atoms. The van der Waals surface area contributed by atoms with Gasteiger partial charge in [0.1, 0.15) is 5.75 Å². The molecular weight excluding hydrogens is 359 g/mol. The summed E-state index contributed by atoms with van der Waals surface area (Å²) < 4.78 is 67.5. The van der Waals surface area contributed by atoms with Crippen molar-refractivity contribution in [3.63, 3.8) is 0 Å². The van der Waals surface area contributed by atoms with Crippen molar-refractivity contribution in [1.29, 1.82) is 0 Å². The molecule has 1 heterocycles. The van der Waals surface area contributed by atoms with Crippen LogP contribution in [0.1, 0.15) is 0 Å². The third-order valence-electron chi connectivity index (χ3n) is 3.40. The lowest BCUT2D eigenvalue weighted by Gasteiger charge is -2.09. The molecule has 0 saturated heterocycles. The Morgan fingerprint density at radius 3 is 2.28 bits per heavy atom. The van der Waals surface area contributed by atoms with Gasteiger partial charge >= 0.3 is 10.1 Å². The number of nitrogens with one attached hydrogen (secondary N) is 1. The average Bonchev–Trinajstić information content (AvgIpc) is 2.50. The molecule has 0 spiro atoms. The van der Waals surface area contributed by atoms with E-state index in [1.165, 1.54) is 24.4 Å². The van der Waals surface area contributed by atoms with Crippen molar-refractivity contribution in [3.8, 4) is 16.9 Å². The molecule has 0 unspecified atom stereocenters. The lowest BCUT2D eigenvalue weighted by Crippen LogP contribution is -2.10. The number of aromatic nitrogens is 1. The van der Waals surface area contributed by atoms with E-state index in [9.17, 15) is 26.4 Å². The molecule has 0 saturated carbocycles. The minimum absolute atomic E-state index is 0.0788. The van der Waals surface area contributed by atoms with Gasteiger partial charge in [0.15, 0.2) is 17.5 Å². The third-order valence-corrected chi connectivity index (χ3v) is 3.90. The molecular formula is C16H10F3NO4S. The van der Waals surface area contributed by atoms with E-state index < -0.39 is 33.1 Å². The largest absolute Gasteiger partial charge is 0.383 e. The summed E-state index contributed by atoms with van der Waals surface area (Å²) in [5.41, 5.74) is -1.02. The van der Waals surface area contributed by atoms with Crippen molar-refractivity contribution >= 4 is 20.9 Å². The Labute approximate surface area is 139 Å². The van der Waals surface area contributed by atoms with Crippen LogP contribution in [0.4, 0.5) is 13.2 Å². The predicted molar refractivity (Wildman–Crippen MR) is 85.4 cm³/mol. The normalized spacial score (nSPS) is 11.7. The highest BCUT2D eigenvalue weighted by molar-refractivity contribution is 7.86. The first-order valence-corrected chi connectivity index (χ1v) is 8.67. The lowest BCUT2D eigenvalue weighted by molar-refractivity contribution is 0.447. The number of halogens is 3. The molecule has 0 aliphatic carbocycles. The minimum atomic E-state index is -3.81. The molecule has 1 N–H and O–H groups in total. The minimum Gasteiger partial charge on any atom is -0.383 e. The standard InChI is InChI=1S/C16H10F3NO4S/c1-25(22,23)24-10-3-2-8-7-20-16(21)14(11(8)6-10)9-4-12(17)15(19)13(18)5-9/h2-7H,1H3,(H,20,21). The van der Waals surface area contributed by atoms with Crippen molar-refractivity contribution in [1.82, 2.24) is 4.98 Å². The smallest absolute Gasteiger partial charge is 0.306 e. The second-order valence-corrected chi connectivity index (χ2v) is 6.86. The molecule has 0 fully saturated rings. The van der Waals surface area contributed by atoms with E-state index in [4.69, 9.17) is 4.18 Å². The van der Waals surface area contributed by atoms with Crippen LogP contribution < -0.4 is 9.74 Å². The maximum absolute atomic E-state index is 13.5. The van der Waals surface area contributed by atoms with Crippen LogP contribution in [0.5, 0.6) is 5.75 Å². The molecule has 130 valence electrons. The Kier molecular flexibility index (Phi) is 4.03. The molecule has 0 radical (unpaired) electrons. The van der Waals surface area contributed by atoms with E-state index in [1.807, 2.05) is 0 Å². The number of H-pyrrole nitrogens is 1. The van der Waals surface area contributed by atoms with Gasteiger partial charge in [0.25, 0.3) is 5.56 Å². The van der Waals surface area contributed by atoms with Crippen LogP contribution in [0, 0.1) is 17.5 Å². The second-order valence-electron chi connectivity index (χ2n) is 5.28. The van der Waals surface area contributed by atoms with Gasteiger partial charge in [-0.1, -0.05) is 0 Å². The Bertz CT molecular complexity index is 1130. The summed E-state index contributed by atoms with van der Waals surface area (Å²) >= 11 is 0. The molecule has 3 aromatic rings. The quantitative estimate of drug-likeness (QED) is 0.569. The summed E-state index contributed by atoms with van der Waals surface area (Å²) in [6.07, 6.45) is 2.20. The number of hydrogen-bond acceptors (Lipinski definition) is 4. The first kappa shape index (κ1) is 17.0. The molecule has 5 nitrogen and oxygen atoms in total. The monoisotopic (exact) mass is 369 g/mol. The summed E-state index contributed by atoms with van der Waals surface area (Å²) in [7, 11) is -3.81. The van der Waals surface area contributed by atoms with Crippen molar-refractivity contribution in [2.45, 2.75) is 0 Å². The topological polar surface area (TPSA) is 76.2 Å². The van der Waals surface area contributed by atoms with Crippen LogP contribution in [0.3, 0.4) is 0 Å². The van der Waals surface area contributed by atoms with Gasteiger partial charge in [-0.05, 0) is 41.3 Å².